The molecule has 0 unspecified atom stereocenters. The SMILES string of the molecule is CC(C)(C)CC(C)(C)N.CC(C)(C)CC(C)(C)N. The van der Waals surface area contributed by atoms with Crippen LogP contribution in [0.15, 0.2) is 0 Å². The lowest BCUT2D eigenvalue weighted by molar-refractivity contribution is 0.286. The van der Waals surface area contributed by atoms with Crippen LogP contribution in [0.1, 0.15) is 82.1 Å². The second-order valence-corrected chi connectivity index (χ2v) is 9.45. The average molecular weight is 258 g/mol. The van der Waals surface area contributed by atoms with E-state index >= 15 is 0 Å². The predicted octanol–water partition coefficient (Wildman–Crippen LogP) is 4.32. The molecule has 112 valence electrons. The monoisotopic (exact) mass is 258 g/mol. The van der Waals surface area contributed by atoms with Crippen molar-refractivity contribution in [2.24, 2.45) is 22.3 Å². The molecule has 0 fully saturated rings. The zero-order valence-electron chi connectivity index (χ0n) is 14.6. The molecule has 0 aliphatic rings. The second-order valence-electron chi connectivity index (χ2n) is 9.45. The third kappa shape index (κ3) is 24.9. The molecule has 0 saturated carbocycles. The largest absolute Gasteiger partial charge is 0.326 e. The third-order valence-electron chi connectivity index (χ3n) is 1.97. The van der Waals surface area contributed by atoms with E-state index in [1.54, 1.807) is 0 Å². The van der Waals surface area contributed by atoms with E-state index in [1.165, 1.54) is 0 Å². The fourth-order valence-corrected chi connectivity index (χ4v) is 2.73. The summed E-state index contributed by atoms with van der Waals surface area (Å²) >= 11 is 0. The molecule has 18 heavy (non-hydrogen) atoms. The summed E-state index contributed by atoms with van der Waals surface area (Å²) in [5.41, 5.74) is 12.3. The van der Waals surface area contributed by atoms with Gasteiger partial charge in [-0.25, -0.2) is 0 Å². The Balaban J connectivity index is 0. The molecule has 4 N–H and O–H groups in total. The number of rotatable bonds is 2. The molecular formula is C16H38N2. The van der Waals surface area contributed by atoms with Gasteiger partial charge < -0.3 is 11.5 Å². The molecule has 0 bridgehead atoms. The van der Waals surface area contributed by atoms with Gasteiger partial charge in [-0.2, -0.15) is 0 Å². The Hall–Kier alpha value is -0.0800. The zero-order chi connectivity index (χ0) is 15.4. The smallest absolute Gasteiger partial charge is 0.0102 e. The molecule has 0 aliphatic carbocycles. The zero-order valence-corrected chi connectivity index (χ0v) is 14.6. The molecule has 0 amide bonds. The van der Waals surface area contributed by atoms with E-state index in [-0.39, 0.29) is 11.1 Å². The molecular weight excluding hydrogens is 220 g/mol. The Labute approximate surface area is 116 Å². The van der Waals surface area contributed by atoms with Crippen LogP contribution in [-0.2, 0) is 0 Å². The van der Waals surface area contributed by atoms with E-state index in [0.717, 1.165) is 12.8 Å². The first-order chi connectivity index (χ1) is 7.41. The molecule has 0 spiro atoms. The van der Waals surface area contributed by atoms with E-state index in [1.807, 2.05) is 0 Å². The van der Waals surface area contributed by atoms with Crippen LogP contribution >= 0.6 is 0 Å². The number of nitrogens with two attached hydrogens (primary N) is 2. The van der Waals surface area contributed by atoms with Gasteiger partial charge in [0.1, 0.15) is 0 Å². The van der Waals surface area contributed by atoms with E-state index in [0.29, 0.717) is 10.8 Å². The Morgan fingerprint density at radius 1 is 0.500 bits per heavy atom. The Bertz CT molecular complexity index is 165. The summed E-state index contributed by atoms with van der Waals surface area (Å²) in [6.45, 7) is 21.5. The first-order valence-electron chi connectivity index (χ1n) is 6.99. The molecule has 0 aliphatic heterocycles. The lowest BCUT2D eigenvalue weighted by atomic mass is 9.82. The van der Waals surface area contributed by atoms with E-state index in [4.69, 9.17) is 11.5 Å². The molecule has 0 radical (unpaired) electrons. The van der Waals surface area contributed by atoms with Gasteiger partial charge in [-0.05, 0) is 51.4 Å². The van der Waals surface area contributed by atoms with Crippen LogP contribution in [0.25, 0.3) is 0 Å². The van der Waals surface area contributed by atoms with E-state index in [9.17, 15) is 0 Å². The van der Waals surface area contributed by atoms with Gasteiger partial charge in [0.15, 0.2) is 0 Å². The van der Waals surface area contributed by atoms with Crippen LogP contribution in [0, 0.1) is 10.8 Å². The fraction of sp³-hybridized carbons (Fsp3) is 1.00. The van der Waals surface area contributed by atoms with Crippen molar-refractivity contribution >= 4 is 0 Å². The van der Waals surface area contributed by atoms with Gasteiger partial charge in [-0.1, -0.05) is 41.5 Å². The van der Waals surface area contributed by atoms with Gasteiger partial charge in [0.2, 0.25) is 0 Å². The highest BCUT2D eigenvalue weighted by Crippen LogP contribution is 2.25. The Kier molecular flexibility index (Phi) is 7.18. The van der Waals surface area contributed by atoms with Crippen molar-refractivity contribution in [3.63, 3.8) is 0 Å². The molecule has 2 heteroatoms. The predicted molar refractivity (Wildman–Crippen MR) is 84.7 cm³/mol. The molecule has 2 nitrogen and oxygen atoms in total. The molecule has 0 aromatic carbocycles. The topological polar surface area (TPSA) is 52.0 Å². The molecule has 0 atom stereocenters. The first-order valence-corrected chi connectivity index (χ1v) is 6.99. The quantitative estimate of drug-likeness (QED) is 0.775. The summed E-state index contributed by atoms with van der Waals surface area (Å²) in [5.74, 6) is 0. The highest BCUT2D eigenvalue weighted by atomic mass is 14.7. The number of hydrogen-bond acceptors (Lipinski definition) is 2. The van der Waals surface area contributed by atoms with Gasteiger partial charge in [0, 0.05) is 11.1 Å². The van der Waals surface area contributed by atoms with Crippen molar-refractivity contribution in [3.8, 4) is 0 Å². The maximum atomic E-state index is 5.82. The van der Waals surface area contributed by atoms with Crippen molar-refractivity contribution < 1.29 is 0 Å². The fourth-order valence-electron chi connectivity index (χ4n) is 2.73. The Morgan fingerprint density at radius 2 is 0.667 bits per heavy atom. The van der Waals surface area contributed by atoms with Crippen LogP contribution in [-0.4, -0.2) is 11.1 Å². The average Bonchev–Trinajstić information content (AvgIpc) is 1.64. The molecule has 0 aromatic heterocycles. The minimum absolute atomic E-state index is 0.0156. The minimum atomic E-state index is -0.0156. The summed E-state index contributed by atoms with van der Waals surface area (Å²) in [7, 11) is 0. The third-order valence-corrected chi connectivity index (χ3v) is 1.97. The summed E-state index contributed by atoms with van der Waals surface area (Å²) in [5, 5.41) is 0. The van der Waals surface area contributed by atoms with Gasteiger partial charge in [-0.3, -0.25) is 0 Å². The van der Waals surface area contributed by atoms with Crippen LogP contribution < -0.4 is 11.5 Å². The van der Waals surface area contributed by atoms with E-state index < -0.39 is 0 Å². The molecule has 0 saturated heterocycles. The highest BCUT2D eigenvalue weighted by molar-refractivity contribution is 4.79. The van der Waals surface area contributed by atoms with Gasteiger partial charge in [-0.15, -0.1) is 0 Å². The summed E-state index contributed by atoms with van der Waals surface area (Å²) in [6, 6.07) is 0. The highest BCUT2D eigenvalue weighted by Gasteiger charge is 2.21. The first kappa shape index (κ1) is 20.2. The van der Waals surface area contributed by atoms with Crippen molar-refractivity contribution in [1.82, 2.24) is 0 Å². The summed E-state index contributed by atoms with van der Waals surface area (Å²) < 4.78 is 0. The van der Waals surface area contributed by atoms with Crippen LogP contribution in [0.5, 0.6) is 0 Å². The Morgan fingerprint density at radius 3 is 0.667 bits per heavy atom. The number of hydrogen-bond donors (Lipinski definition) is 2. The molecule has 0 heterocycles. The molecule has 0 aromatic rings. The standard InChI is InChI=1S/2C8H19N/c2*1-7(2,3)6-8(4,5)9/h2*6,9H2,1-5H3. The van der Waals surface area contributed by atoms with Crippen LogP contribution in [0.4, 0.5) is 0 Å². The minimum Gasteiger partial charge on any atom is -0.326 e. The molecule has 0 rings (SSSR count). The van der Waals surface area contributed by atoms with Gasteiger partial charge in [0.25, 0.3) is 0 Å². The van der Waals surface area contributed by atoms with Crippen molar-refractivity contribution in [2.75, 3.05) is 0 Å². The van der Waals surface area contributed by atoms with E-state index in [2.05, 4.69) is 69.2 Å². The summed E-state index contributed by atoms with van der Waals surface area (Å²) in [6.07, 6.45) is 2.14. The normalized spacial score (nSPS) is 14.0. The summed E-state index contributed by atoms with van der Waals surface area (Å²) in [4.78, 5) is 0. The van der Waals surface area contributed by atoms with Gasteiger partial charge >= 0.3 is 0 Å². The van der Waals surface area contributed by atoms with Crippen molar-refractivity contribution in [2.45, 2.75) is 93.2 Å². The lowest BCUT2D eigenvalue weighted by Crippen LogP contribution is -2.36. The van der Waals surface area contributed by atoms with Crippen molar-refractivity contribution in [1.29, 1.82) is 0 Å². The van der Waals surface area contributed by atoms with Crippen LogP contribution in [0.3, 0.4) is 0 Å². The van der Waals surface area contributed by atoms with Gasteiger partial charge in [0.05, 0.1) is 0 Å². The second kappa shape index (κ2) is 6.38. The lowest BCUT2D eigenvalue weighted by Gasteiger charge is -2.28. The van der Waals surface area contributed by atoms with Crippen molar-refractivity contribution in [3.05, 3.63) is 0 Å². The maximum absolute atomic E-state index is 5.82. The van der Waals surface area contributed by atoms with Crippen LogP contribution in [0.2, 0.25) is 0 Å². The maximum Gasteiger partial charge on any atom is 0.0102 e.